The van der Waals surface area contributed by atoms with Gasteiger partial charge in [-0.3, -0.25) is 9.59 Å². The number of hydrogen-bond acceptors (Lipinski definition) is 6. The Morgan fingerprint density at radius 2 is 2.03 bits per heavy atom. The molecule has 1 aromatic carbocycles. The van der Waals surface area contributed by atoms with E-state index < -0.39 is 0 Å². The lowest BCUT2D eigenvalue weighted by Gasteiger charge is -2.11. The lowest BCUT2D eigenvalue weighted by molar-refractivity contribution is -0.113. The molecule has 2 heterocycles. The van der Waals surface area contributed by atoms with Crippen LogP contribution in [-0.4, -0.2) is 38.4 Å². The first kappa shape index (κ1) is 19.3. The number of hydrogen-bond donors (Lipinski definition) is 2. The summed E-state index contributed by atoms with van der Waals surface area (Å²) >= 11 is 1.28. The molecule has 0 bridgehead atoms. The van der Waals surface area contributed by atoms with Crippen LogP contribution in [-0.2, 0) is 11.8 Å². The molecule has 0 saturated heterocycles. The van der Waals surface area contributed by atoms with Gasteiger partial charge in [-0.25, -0.2) is 0 Å². The predicted molar refractivity (Wildman–Crippen MR) is 110 cm³/mol. The van der Waals surface area contributed by atoms with E-state index in [1.807, 2.05) is 24.6 Å². The normalized spacial score (nSPS) is 13.3. The average Bonchev–Trinajstić information content (AvgIpc) is 3.30. The number of carbonyl (C=O) groups is 2. The van der Waals surface area contributed by atoms with Crippen molar-refractivity contribution in [2.45, 2.75) is 31.0 Å². The molecule has 2 N–H and O–H groups in total. The van der Waals surface area contributed by atoms with Crippen molar-refractivity contribution in [3.05, 3.63) is 47.9 Å². The molecule has 0 radical (unpaired) electrons. The molecule has 0 spiro atoms. The molecule has 2 aromatic heterocycles. The molecule has 0 aliphatic heterocycles. The van der Waals surface area contributed by atoms with Crippen molar-refractivity contribution in [2.24, 2.45) is 7.05 Å². The Hall–Kier alpha value is -3.07. The highest BCUT2D eigenvalue weighted by atomic mass is 32.2. The van der Waals surface area contributed by atoms with Gasteiger partial charge < -0.3 is 19.6 Å². The summed E-state index contributed by atoms with van der Waals surface area (Å²) in [5, 5.41) is 14.8. The maximum absolute atomic E-state index is 12.5. The van der Waals surface area contributed by atoms with Crippen molar-refractivity contribution in [3.63, 3.8) is 0 Å². The van der Waals surface area contributed by atoms with Crippen LogP contribution in [0.1, 0.15) is 29.0 Å². The summed E-state index contributed by atoms with van der Waals surface area (Å²) in [5.74, 6) is 1.21. The Bertz CT molecular complexity index is 1050. The Morgan fingerprint density at radius 3 is 2.76 bits per heavy atom. The first-order valence-electron chi connectivity index (χ1n) is 9.29. The molecule has 1 aliphatic carbocycles. The van der Waals surface area contributed by atoms with Crippen molar-refractivity contribution < 1.29 is 14.0 Å². The first-order chi connectivity index (χ1) is 14.0. The van der Waals surface area contributed by atoms with Crippen molar-refractivity contribution in [1.29, 1.82) is 0 Å². The van der Waals surface area contributed by atoms with Crippen LogP contribution < -0.4 is 10.6 Å². The Balaban J connectivity index is 1.39. The molecule has 1 aliphatic rings. The highest BCUT2D eigenvalue weighted by molar-refractivity contribution is 7.99. The molecule has 0 unspecified atom stereocenters. The van der Waals surface area contributed by atoms with Gasteiger partial charge in [0.15, 0.2) is 11.0 Å². The maximum atomic E-state index is 12.5. The summed E-state index contributed by atoms with van der Waals surface area (Å²) in [6, 6.07) is 9.11. The number of aromatic nitrogens is 3. The number of nitrogens with one attached hydrogen (secondary N) is 2. The number of benzene rings is 1. The van der Waals surface area contributed by atoms with E-state index in [0.29, 0.717) is 22.2 Å². The van der Waals surface area contributed by atoms with Crippen molar-refractivity contribution in [1.82, 2.24) is 20.1 Å². The molecule has 9 heteroatoms. The van der Waals surface area contributed by atoms with Crippen LogP contribution >= 0.6 is 11.8 Å². The van der Waals surface area contributed by atoms with E-state index in [1.165, 1.54) is 11.8 Å². The zero-order valence-electron chi connectivity index (χ0n) is 16.1. The topological polar surface area (TPSA) is 102 Å². The number of rotatable bonds is 7. The zero-order chi connectivity index (χ0) is 20.4. The van der Waals surface area contributed by atoms with Crippen LogP contribution in [0.25, 0.3) is 11.4 Å². The lowest BCUT2D eigenvalue weighted by atomic mass is 10.1. The van der Waals surface area contributed by atoms with Crippen LogP contribution in [0, 0.1) is 6.92 Å². The van der Waals surface area contributed by atoms with Crippen molar-refractivity contribution in [3.8, 4) is 11.4 Å². The highest BCUT2D eigenvalue weighted by Gasteiger charge is 2.25. The fourth-order valence-corrected chi connectivity index (χ4v) is 3.60. The van der Waals surface area contributed by atoms with Gasteiger partial charge in [0.25, 0.3) is 5.91 Å². The van der Waals surface area contributed by atoms with Gasteiger partial charge in [0.05, 0.1) is 28.8 Å². The minimum atomic E-state index is -0.217. The van der Waals surface area contributed by atoms with E-state index in [9.17, 15) is 9.59 Å². The van der Waals surface area contributed by atoms with Crippen LogP contribution in [0.3, 0.4) is 0 Å². The smallest absolute Gasteiger partial charge is 0.253 e. The van der Waals surface area contributed by atoms with Gasteiger partial charge in [-0.05, 0) is 38.0 Å². The van der Waals surface area contributed by atoms with Gasteiger partial charge in [-0.2, -0.15) is 0 Å². The third-order valence-corrected chi connectivity index (χ3v) is 5.65. The molecular formula is C20H21N5O3S. The number of anilines is 1. The van der Waals surface area contributed by atoms with Crippen molar-refractivity contribution >= 4 is 29.3 Å². The van der Waals surface area contributed by atoms with Gasteiger partial charge in [0, 0.05) is 13.1 Å². The van der Waals surface area contributed by atoms with E-state index in [0.717, 1.165) is 24.2 Å². The van der Waals surface area contributed by atoms with E-state index in [4.69, 9.17) is 4.42 Å². The van der Waals surface area contributed by atoms with E-state index >= 15 is 0 Å². The lowest BCUT2D eigenvalue weighted by Crippen LogP contribution is -2.27. The Kier molecular flexibility index (Phi) is 5.39. The number of carbonyl (C=O) groups excluding carboxylic acids is 2. The minimum Gasteiger partial charge on any atom is -0.469 e. The summed E-state index contributed by atoms with van der Waals surface area (Å²) in [6.07, 6.45) is 3.63. The van der Waals surface area contributed by atoms with Gasteiger partial charge >= 0.3 is 0 Å². The zero-order valence-corrected chi connectivity index (χ0v) is 17.0. The van der Waals surface area contributed by atoms with E-state index in [2.05, 4.69) is 20.8 Å². The average molecular weight is 411 g/mol. The van der Waals surface area contributed by atoms with Gasteiger partial charge in [-0.1, -0.05) is 23.9 Å². The van der Waals surface area contributed by atoms with Crippen molar-refractivity contribution in [2.75, 3.05) is 11.1 Å². The summed E-state index contributed by atoms with van der Waals surface area (Å²) in [6.45, 7) is 1.86. The Labute approximate surface area is 172 Å². The molecule has 0 atom stereocenters. The molecule has 1 fully saturated rings. The molecule has 4 rings (SSSR count). The van der Waals surface area contributed by atoms with E-state index in [1.54, 1.807) is 30.5 Å². The standard InChI is InChI=1S/C20H21N5O3S/c1-12-14(9-10-28-12)18-23-24-20(25(18)2)29-11-17(26)22-16-6-4-3-5-15(16)19(27)21-13-7-8-13/h3-6,9-10,13H,7-8,11H2,1-2H3,(H,21,27)(H,22,26). The number of aryl methyl sites for hydroxylation is 1. The second-order valence-electron chi connectivity index (χ2n) is 6.89. The molecule has 2 amide bonds. The highest BCUT2D eigenvalue weighted by Crippen LogP contribution is 2.26. The minimum absolute atomic E-state index is 0.148. The fraction of sp³-hybridized carbons (Fsp3) is 0.300. The maximum Gasteiger partial charge on any atom is 0.253 e. The summed E-state index contributed by atoms with van der Waals surface area (Å²) in [7, 11) is 1.85. The number of amides is 2. The fourth-order valence-electron chi connectivity index (χ4n) is 2.89. The molecular weight excluding hydrogens is 390 g/mol. The van der Waals surface area contributed by atoms with Crippen LogP contribution in [0.4, 0.5) is 5.69 Å². The van der Waals surface area contributed by atoms with E-state index in [-0.39, 0.29) is 23.6 Å². The molecule has 3 aromatic rings. The monoisotopic (exact) mass is 411 g/mol. The van der Waals surface area contributed by atoms with Crippen LogP contribution in [0.15, 0.2) is 46.2 Å². The van der Waals surface area contributed by atoms with Gasteiger partial charge in [-0.15, -0.1) is 10.2 Å². The Morgan fingerprint density at radius 1 is 1.24 bits per heavy atom. The first-order valence-corrected chi connectivity index (χ1v) is 10.3. The largest absolute Gasteiger partial charge is 0.469 e. The third-order valence-electron chi connectivity index (χ3n) is 4.63. The summed E-state index contributed by atoms with van der Waals surface area (Å²) in [5.41, 5.74) is 1.84. The third kappa shape index (κ3) is 4.34. The van der Waals surface area contributed by atoms with Gasteiger partial charge in [0.1, 0.15) is 5.76 Å². The molecule has 8 nitrogen and oxygen atoms in total. The number of nitrogens with zero attached hydrogens (tertiary/aromatic N) is 3. The summed E-state index contributed by atoms with van der Waals surface area (Å²) in [4.78, 5) is 24.8. The SMILES string of the molecule is Cc1occc1-c1nnc(SCC(=O)Nc2ccccc2C(=O)NC2CC2)n1C. The van der Waals surface area contributed by atoms with Crippen LogP contribution in [0.5, 0.6) is 0 Å². The second-order valence-corrected chi connectivity index (χ2v) is 7.83. The molecule has 150 valence electrons. The van der Waals surface area contributed by atoms with Crippen LogP contribution in [0.2, 0.25) is 0 Å². The number of para-hydroxylation sites is 1. The predicted octanol–water partition coefficient (Wildman–Crippen LogP) is 3.01. The van der Waals surface area contributed by atoms with Gasteiger partial charge in [0.2, 0.25) is 5.91 Å². The number of furan rings is 1. The second kappa shape index (κ2) is 8.12. The quantitative estimate of drug-likeness (QED) is 0.580. The molecule has 1 saturated carbocycles. The number of thioether (sulfide) groups is 1. The molecule has 29 heavy (non-hydrogen) atoms. The summed E-state index contributed by atoms with van der Waals surface area (Å²) < 4.78 is 7.15.